The van der Waals surface area contributed by atoms with Crippen molar-refractivity contribution < 1.29 is 0 Å². The Labute approximate surface area is 92.9 Å². The number of anilines is 2. The quantitative estimate of drug-likeness (QED) is 0.724. The first kappa shape index (κ1) is 11.9. The van der Waals surface area contributed by atoms with E-state index in [1.165, 1.54) is 18.4 Å². The summed E-state index contributed by atoms with van der Waals surface area (Å²) in [6.45, 7) is 7.56. The molecule has 84 valence electrons. The van der Waals surface area contributed by atoms with Crippen LogP contribution in [0.15, 0.2) is 18.2 Å². The Kier molecular flexibility index (Phi) is 4.47. The van der Waals surface area contributed by atoms with Gasteiger partial charge in [-0.3, -0.25) is 0 Å². The molecule has 0 aliphatic rings. The van der Waals surface area contributed by atoms with E-state index in [9.17, 15) is 0 Å². The highest BCUT2D eigenvalue weighted by atomic mass is 14.9. The largest absolute Gasteiger partial charge is 0.397 e. The summed E-state index contributed by atoms with van der Waals surface area (Å²) in [4.78, 5) is 0. The van der Waals surface area contributed by atoms with Crippen LogP contribution >= 0.6 is 0 Å². The molecule has 15 heavy (non-hydrogen) atoms. The van der Waals surface area contributed by atoms with E-state index in [1.807, 2.05) is 12.1 Å². The molecule has 0 aromatic heterocycles. The standard InChI is InChI=1S/C13H22N2/c1-4-11(5-2)9-15-13-8-10(3)6-7-12(13)14/h6-8,11,15H,4-5,9,14H2,1-3H3. The van der Waals surface area contributed by atoms with Crippen LogP contribution in [0.5, 0.6) is 0 Å². The summed E-state index contributed by atoms with van der Waals surface area (Å²) >= 11 is 0. The molecule has 0 aliphatic heterocycles. The summed E-state index contributed by atoms with van der Waals surface area (Å²) in [6, 6.07) is 6.11. The molecule has 0 saturated carbocycles. The summed E-state index contributed by atoms with van der Waals surface area (Å²) in [5.74, 6) is 0.741. The molecule has 0 atom stereocenters. The lowest BCUT2D eigenvalue weighted by atomic mass is 10.0. The molecule has 0 saturated heterocycles. The SMILES string of the molecule is CCC(CC)CNc1cc(C)ccc1N. The molecule has 2 nitrogen and oxygen atoms in total. The van der Waals surface area contributed by atoms with Crippen molar-refractivity contribution in [2.75, 3.05) is 17.6 Å². The van der Waals surface area contributed by atoms with Gasteiger partial charge in [-0.25, -0.2) is 0 Å². The zero-order valence-corrected chi connectivity index (χ0v) is 10.0. The van der Waals surface area contributed by atoms with Gasteiger partial charge in [-0.1, -0.05) is 32.8 Å². The summed E-state index contributed by atoms with van der Waals surface area (Å²) < 4.78 is 0. The predicted molar refractivity (Wildman–Crippen MR) is 68.2 cm³/mol. The van der Waals surface area contributed by atoms with Crippen LogP contribution in [-0.2, 0) is 0 Å². The second kappa shape index (κ2) is 5.64. The molecule has 0 aliphatic carbocycles. The third-order valence-corrected chi connectivity index (χ3v) is 2.94. The van der Waals surface area contributed by atoms with E-state index in [0.717, 1.165) is 23.8 Å². The van der Waals surface area contributed by atoms with E-state index in [4.69, 9.17) is 5.73 Å². The van der Waals surface area contributed by atoms with Crippen molar-refractivity contribution in [1.82, 2.24) is 0 Å². The van der Waals surface area contributed by atoms with E-state index in [-0.39, 0.29) is 0 Å². The van der Waals surface area contributed by atoms with Crippen LogP contribution in [0.25, 0.3) is 0 Å². The first-order chi connectivity index (χ1) is 7.17. The second-order valence-corrected chi connectivity index (χ2v) is 4.15. The van der Waals surface area contributed by atoms with Gasteiger partial charge in [0.2, 0.25) is 0 Å². The van der Waals surface area contributed by atoms with Gasteiger partial charge in [-0.05, 0) is 30.5 Å². The highest BCUT2D eigenvalue weighted by molar-refractivity contribution is 5.66. The third kappa shape index (κ3) is 3.46. The molecule has 0 heterocycles. The summed E-state index contributed by atoms with van der Waals surface area (Å²) in [7, 11) is 0. The molecule has 0 bridgehead atoms. The van der Waals surface area contributed by atoms with Gasteiger partial charge in [-0.2, -0.15) is 0 Å². The lowest BCUT2D eigenvalue weighted by Crippen LogP contribution is -2.13. The number of nitrogen functional groups attached to an aromatic ring is 1. The highest BCUT2D eigenvalue weighted by Crippen LogP contribution is 2.20. The minimum absolute atomic E-state index is 0.741. The van der Waals surface area contributed by atoms with E-state index in [2.05, 4.69) is 32.2 Å². The van der Waals surface area contributed by atoms with Crippen LogP contribution < -0.4 is 11.1 Å². The molecular formula is C13H22N2. The first-order valence-electron chi connectivity index (χ1n) is 5.77. The summed E-state index contributed by atoms with van der Waals surface area (Å²) in [5.41, 5.74) is 9.05. The molecule has 0 spiro atoms. The van der Waals surface area contributed by atoms with Crippen LogP contribution in [-0.4, -0.2) is 6.54 Å². The van der Waals surface area contributed by atoms with Crippen LogP contribution in [0.2, 0.25) is 0 Å². The van der Waals surface area contributed by atoms with Gasteiger partial charge < -0.3 is 11.1 Å². The van der Waals surface area contributed by atoms with Crippen molar-refractivity contribution in [2.24, 2.45) is 5.92 Å². The Hall–Kier alpha value is -1.18. The molecule has 3 N–H and O–H groups in total. The molecule has 1 aromatic carbocycles. The lowest BCUT2D eigenvalue weighted by Gasteiger charge is -2.16. The number of hydrogen-bond donors (Lipinski definition) is 2. The van der Waals surface area contributed by atoms with Crippen LogP contribution in [0.1, 0.15) is 32.3 Å². The van der Waals surface area contributed by atoms with E-state index in [0.29, 0.717) is 0 Å². The lowest BCUT2D eigenvalue weighted by molar-refractivity contribution is 0.519. The van der Waals surface area contributed by atoms with Gasteiger partial charge in [-0.15, -0.1) is 0 Å². The van der Waals surface area contributed by atoms with E-state index in [1.54, 1.807) is 0 Å². The fourth-order valence-electron chi connectivity index (χ4n) is 1.65. The van der Waals surface area contributed by atoms with Crippen LogP contribution in [0, 0.1) is 12.8 Å². The Bertz CT molecular complexity index is 303. The monoisotopic (exact) mass is 206 g/mol. The summed E-state index contributed by atoms with van der Waals surface area (Å²) in [6.07, 6.45) is 2.43. The minimum Gasteiger partial charge on any atom is -0.397 e. The van der Waals surface area contributed by atoms with Gasteiger partial charge in [0.05, 0.1) is 11.4 Å². The van der Waals surface area contributed by atoms with Gasteiger partial charge in [0.15, 0.2) is 0 Å². The molecule has 0 amide bonds. The Morgan fingerprint density at radius 1 is 1.27 bits per heavy atom. The Morgan fingerprint density at radius 3 is 2.53 bits per heavy atom. The van der Waals surface area contributed by atoms with E-state index < -0.39 is 0 Å². The fourth-order valence-corrected chi connectivity index (χ4v) is 1.65. The van der Waals surface area contributed by atoms with Crippen LogP contribution in [0.3, 0.4) is 0 Å². The zero-order valence-electron chi connectivity index (χ0n) is 10.0. The van der Waals surface area contributed by atoms with Crippen molar-refractivity contribution >= 4 is 11.4 Å². The molecule has 0 fully saturated rings. The maximum atomic E-state index is 5.90. The summed E-state index contributed by atoms with van der Waals surface area (Å²) in [5, 5.41) is 3.43. The van der Waals surface area contributed by atoms with Gasteiger partial charge in [0, 0.05) is 6.54 Å². The number of nitrogens with two attached hydrogens (primary N) is 1. The number of aryl methyl sites for hydroxylation is 1. The minimum atomic E-state index is 0.741. The highest BCUT2D eigenvalue weighted by Gasteiger charge is 2.04. The Morgan fingerprint density at radius 2 is 1.93 bits per heavy atom. The van der Waals surface area contributed by atoms with Crippen molar-refractivity contribution in [3.63, 3.8) is 0 Å². The fraction of sp³-hybridized carbons (Fsp3) is 0.538. The topological polar surface area (TPSA) is 38.0 Å². The molecule has 0 radical (unpaired) electrons. The van der Waals surface area contributed by atoms with Gasteiger partial charge in [0.1, 0.15) is 0 Å². The molecule has 1 rings (SSSR count). The first-order valence-corrected chi connectivity index (χ1v) is 5.77. The average molecular weight is 206 g/mol. The Balaban J connectivity index is 2.60. The smallest absolute Gasteiger partial charge is 0.0576 e. The van der Waals surface area contributed by atoms with Crippen molar-refractivity contribution in [1.29, 1.82) is 0 Å². The number of nitrogens with one attached hydrogen (secondary N) is 1. The van der Waals surface area contributed by atoms with E-state index >= 15 is 0 Å². The van der Waals surface area contributed by atoms with Crippen molar-refractivity contribution in [3.8, 4) is 0 Å². The molecule has 1 aromatic rings. The number of benzene rings is 1. The second-order valence-electron chi connectivity index (χ2n) is 4.15. The maximum Gasteiger partial charge on any atom is 0.0576 e. The van der Waals surface area contributed by atoms with Gasteiger partial charge in [0.25, 0.3) is 0 Å². The van der Waals surface area contributed by atoms with Crippen molar-refractivity contribution in [2.45, 2.75) is 33.6 Å². The van der Waals surface area contributed by atoms with Crippen LogP contribution in [0.4, 0.5) is 11.4 Å². The third-order valence-electron chi connectivity index (χ3n) is 2.94. The molecule has 0 unspecified atom stereocenters. The maximum absolute atomic E-state index is 5.90. The normalized spacial score (nSPS) is 10.7. The number of rotatable bonds is 5. The van der Waals surface area contributed by atoms with Crippen molar-refractivity contribution in [3.05, 3.63) is 23.8 Å². The predicted octanol–water partition coefficient (Wildman–Crippen LogP) is 3.43. The molecule has 2 heteroatoms. The zero-order chi connectivity index (χ0) is 11.3. The molecular weight excluding hydrogens is 184 g/mol. The average Bonchev–Trinajstić information content (AvgIpc) is 2.24. The van der Waals surface area contributed by atoms with Gasteiger partial charge >= 0.3 is 0 Å². The number of hydrogen-bond acceptors (Lipinski definition) is 2.